The van der Waals surface area contributed by atoms with Crippen LogP contribution < -0.4 is 5.32 Å². The van der Waals surface area contributed by atoms with Gasteiger partial charge in [0, 0.05) is 12.6 Å². The molecule has 1 rings (SSSR count). The van der Waals surface area contributed by atoms with Crippen LogP contribution in [0.2, 0.25) is 0 Å². The molecule has 1 unspecified atom stereocenters. The summed E-state index contributed by atoms with van der Waals surface area (Å²) in [5.74, 6) is -2.75. The summed E-state index contributed by atoms with van der Waals surface area (Å²) in [6, 6.07) is 6.00. The summed E-state index contributed by atoms with van der Waals surface area (Å²) in [7, 11) is 0. The van der Waals surface area contributed by atoms with Crippen LogP contribution in [0.5, 0.6) is 0 Å². The number of amides is 1. The van der Waals surface area contributed by atoms with Crippen LogP contribution in [0, 0.1) is 0 Å². The first-order chi connectivity index (χ1) is 7.54. The average Bonchev–Trinajstić information content (AvgIpc) is 2.20. The molecule has 1 atom stereocenters. The number of carbonyl (C=O) groups is 2. The third-order valence-electron chi connectivity index (χ3n) is 1.93. The zero-order valence-electron chi connectivity index (χ0n) is 8.56. The van der Waals surface area contributed by atoms with E-state index in [-0.39, 0.29) is 5.91 Å². The molecule has 5 heteroatoms. The predicted octanol–water partition coefficient (Wildman–Crippen LogP) is 0.923. The fourth-order valence-electron chi connectivity index (χ4n) is 1.22. The molecular formula is C11H10NO4. The van der Waals surface area contributed by atoms with Gasteiger partial charge >= 0.3 is 5.97 Å². The first kappa shape index (κ1) is 11.9. The molecular weight excluding hydrogens is 210 g/mol. The molecule has 0 saturated heterocycles. The Morgan fingerprint density at radius 1 is 1.31 bits per heavy atom. The van der Waals surface area contributed by atoms with Crippen LogP contribution in [0.1, 0.15) is 18.4 Å². The van der Waals surface area contributed by atoms with Gasteiger partial charge in [0.2, 0.25) is 12.2 Å². The fourth-order valence-corrected chi connectivity index (χ4v) is 1.22. The lowest BCUT2D eigenvalue weighted by Gasteiger charge is -2.06. The highest BCUT2D eigenvalue weighted by molar-refractivity contribution is 5.93. The predicted molar refractivity (Wildman–Crippen MR) is 56.8 cm³/mol. The fraction of sp³-hybridized carbons (Fsp3) is 0.182. The van der Waals surface area contributed by atoms with Gasteiger partial charge in [-0.1, -0.05) is 12.1 Å². The molecule has 1 amide bonds. The van der Waals surface area contributed by atoms with Crippen LogP contribution in [-0.4, -0.2) is 23.3 Å². The summed E-state index contributed by atoms with van der Waals surface area (Å²) in [6.07, 6.45) is 1.44. The van der Waals surface area contributed by atoms with Crippen LogP contribution in [0.4, 0.5) is 5.69 Å². The maximum Gasteiger partial charge on any atom is 0.319 e. The van der Waals surface area contributed by atoms with E-state index in [0.29, 0.717) is 11.3 Å². The molecule has 1 aromatic rings. The molecule has 16 heavy (non-hydrogen) atoms. The maximum atomic E-state index is 10.7. The monoisotopic (exact) mass is 220 g/mol. The van der Waals surface area contributed by atoms with Crippen molar-refractivity contribution < 1.29 is 19.5 Å². The highest BCUT2D eigenvalue weighted by atomic mass is 16.4. The lowest BCUT2D eigenvalue weighted by atomic mass is 10.0. The van der Waals surface area contributed by atoms with Gasteiger partial charge < -0.3 is 10.4 Å². The van der Waals surface area contributed by atoms with Crippen molar-refractivity contribution in [3.05, 3.63) is 29.8 Å². The minimum Gasteiger partial charge on any atom is -0.480 e. The van der Waals surface area contributed by atoms with E-state index >= 15 is 0 Å². The van der Waals surface area contributed by atoms with Gasteiger partial charge in [-0.25, -0.2) is 0 Å². The normalized spacial score (nSPS) is 11.6. The highest BCUT2D eigenvalue weighted by Crippen LogP contribution is 2.17. The Labute approximate surface area is 92.1 Å². The Bertz CT molecular complexity index is 410. The van der Waals surface area contributed by atoms with Crippen molar-refractivity contribution in [1.29, 1.82) is 0 Å². The first-order valence-electron chi connectivity index (χ1n) is 4.52. The van der Waals surface area contributed by atoms with Crippen molar-refractivity contribution in [3.8, 4) is 0 Å². The van der Waals surface area contributed by atoms with Crippen LogP contribution >= 0.6 is 0 Å². The Morgan fingerprint density at radius 2 is 1.88 bits per heavy atom. The van der Waals surface area contributed by atoms with Gasteiger partial charge in [0.1, 0.15) is 5.92 Å². The van der Waals surface area contributed by atoms with Crippen LogP contribution in [0.25, 0.3) is 0 Å². The number of carbonyl (C=O) groups excluding carboxylic acids is 2. The van der Waals surface area contributed by atoms with Crippen molar-refractivity contribution in [3.63, 3.8) is 0 Å². The van der Waals surface area contributed by atoms with Crippen LogP contribution in [-0.2, 0) is 14.4 Å². The molecule has 1 aromatic carbocycles. The zero-order chi connectivity index (χ0) is 12.1. The molecule has 0 fully saturated rings. The molecule has 0 bridgehead atoms. The topological polar surface area (TPSA) is 83.5 Å². The van der Waals surface area contributed by atoms with Crippen LogP contribution in [0.15, 0.2) is 24.3 Å². The van der Waals surface area contributed by atoms with Crippen molar-refractivity contribution in [2.24, 2.45) is 0 Å². The molecule has 0 aliphatic carbocycles. The van der Waals surface area contributed by atoms with Gasteiger partial charge in [-0.15, -0.1) is 0 Å². The number of benzene rings is 1. The molecule has 0 aliphatic rings. The number of hydrogen-bond donors (Lipinski definition) is 2. The lowest BCUT2D eigenvalue weighted by molar-refractivity contribution is -0.137. The van der Waals surface area contributed by atoms with E-state index in [9.17, 15) is 14.4 Å². The quantitative estimate of drug-likeness (QED) is 0.739. The smallest absolute Gasteiger partial charge is 0.319 e. The summed E-state index contributed by atoms with van der Waals surface area (Å²) in [6.45, 7) is 1.37. The number of carboxylic acids is 1. The van der Waals surface area contributed by atoms with E-state index in [0.717, 1.165) is 0 Å². The largest absolute Gasteiger partial charge is 0.480 e. The van der Waals surface area contributed by atoms with Crippen molar-refractivity contribution in [2.75, 3.05) is 5.32 Å². The number of anilines is 1. The van der Waals surface area contributed by atoms with Gasteiger partial charge in [-0.05, 0) is 17.7 Å². The van der Waals surface area contributed by atoms with Gasteiger partial charge in [0.05, 0.1) is 0 Å². The molecule has 0 aromatic heterocycles. The molecule has 1 radical (unpaired) electrons. The second kappa shape index (κ2) is 5.06. The maximum absolute atomic E-state index is 10.7. The lowest BCUT2D eigenvalue weighted by Crippen LogP contribution is -2.13. The summed E-state index contributed by atoms with van der Waals surface area (Å²) in [5, 5.41) is 11.2. The molecule has 0 heterocycles. The Hall–Kier alpha value is -2.17. The van der Waals surface area contributed by atoms with E-state index < -0.39 is 11.9 Å². The average molecular weight is 220 g/mol. The molecule has 0 spiro atoms. The Morgan fingerprint density at radius 3 is 2.25 bits per heavy atom. The van der Waals surface area contributed by atoms with E-state index in [1.54, 1.807) is 0 Å². The third-order valence-corrected chi connectivity index (χ3v) is 1.93. The number of carboxylic acid groups (broad SMARTS) is 1. The number of rotatable bonds is 4. The van der Waals surface area contributed by atoms with E-state index in [2.05, 4.69) is 5.32 Å². The third kappa shape index (κ3) is 2.91. The van der Waals surface area contributed by atoms with Crippen molar-refractivity contribution in [2.45, 2.75) is 12.8 Å². The van der Waals surface area contributed by atoms with E-state index in [4.69, 9.17) is 5.11 Å². The molecule has 2 N–H and O–H groups in total. The van der Waals surface area contributed by atoms with Crippen molar-refractivity contribution in [1.82, 2.24) is 0 Å². The minimum atomic E-state index is -1.29. The highest BCUT2D eigenvalue weighted by Gasteiger charge is 2.19. The number of aliphatic carboxylic acids is 1. The standard InChI is InChI=1S/C11H10NO4/c1-7(14)12-9-4-2-8(3-5-9)10(6-13)11(15)16/h2-5,10H,1H3,(H,12,14)(H,15,16). The Balaban J connectivity index is 2.89. The summed E-state index contributed by atoms with van der Waals surface area (Å²) in [4.78, 5) is 31.8. The zero-order valence-corrected chi connectivity index (χ0v) is 8.56. The van der Waals surface area contributed by atoms with Gasteiger partial charge in [-0.2, -0.15) is 0 Å². The summed E-state index contributed by atoms with van der Waals surface area (Å²) < 4.78 is 0. The molecule has 83 valence electrons. The minimum absolute atomic E-state index is 0.218. The van der Waals surface area contributed by atoms with Crippen molar-refractivity contribution >= 4 is 23.9 Å². The van der Waals surface area contributed by atoms with Crippen LogP contribution in [0.3, 0.4) is 0 Å². The number of hydrogen-bond acceptors (Lipinski definition) is 3. The van der Waals surface area contributed by atoms with E-state index in [1.807, 2.05) is 0 Å². The van der Waals surface area contributed by atoms with Gasteiger partial charge in [0.25, 0.3) is 0 Å². The second-order valence-corrected chi connectivity index (χ2v) is 3.19. The Kier molecular flexibility index (Phi) is 3.77. The van der Waals surface area contributed by atoms with Gasteiger partial charge in [0.15, 0.2) is 0 Å². The SMILES string of the molecule is CC(=O)Nc1ccc(C([C]=O)C(=O)O)cc1. The van der Waals surface area contributed by atoms with E-state index in [1.165, 1.54) is 37.5 Å². The summed E-state index contributed by atoms with van der Waals surface area (Å²) in [5.41, 5.74) is 0.878. The second-order valence-electron chi connectivity index (χ2n) is 3.19. The number of nitrogens with one attached hydrogen (secondary N) is 1. The first-order valence-corrected chi connectivity index (χ1v) is 4.52. The van der Waals surface area contributed by atoms with Gasteiger partial charge in [-0.3, -0.25) is 14.4 Å². The molecule has 0 saturated carbocycles. The molecule has 0 aliphatic heterocycles. The molecule has 5 nitrogen and oxygen atoms in total. The summed E-state index contributed by atoms with van der Waals surface area (Å²) >= 11 is 0.